The highest BCUT2D eigenvalue weighted by molar-refractivity contribution is 9.10. The Balaban J connectivity index is 2.52. The molecule has 0 spiro atoms. The largest absolute Gasteiger partial charge is 0.492 e. The number of nitrogens with two attached hydrogens (primary N) is 1. The quantitative estimate of drug-likeness (QED) is 0.896. The summed E-state index contributed by atoms with van der Waals surface area (Å²) in [5, 5.41) is 0.633. The fraction of sp³-hybridized carbons (Fsp3) is 0.500. The van der Waals surface area contributed by atoms with Gasteiger partial charge in [-0.3, -0.25) is 0 Å². The van der Waals surface area contributed by atoms with Crippen molar-refractivity contribution in [2.24, 2.45) is 11.1 Å². The van der Waals surface area contributed by atoms with Gasteiger partial charge in [-0.05, 0) is 36.6 Å². The van der Waals surface area contributed by atoms with Crippen LogP contribution < -0.4 is 10.5 Å². The first-order valence-electron chi connectivity index (χ1n) is 5.22. The minimum absolute atomic E-state index is 0.110. The second-order valence-corrected chi connectivity index (χ2v) is 5.86. The van der Waals surface area contributed by atoms with Crippen LogP contribution in [0, 0.1) is 5.41 Å². The Morgan fingerprint density at radius 3 is 2.75 bits per heavy atom. The molecule has 0 atom stereocenters. The normalized spacial score (nSPS) is 11.6. The molecule has 0 heterocycles. The van der Waals surface area contributed by atoms with Crippen LogP contribution in [0.1, 0.15) is 20.3 Å². The van der Waals surface area contributed by atoms with Crippen molar-refractivity contribution in [2.75, 3.05) is 13.2 Å². The molecule has 2 nitrogen and oxygen atoms in total. The van der Waals surface area contributed by atoms with Crippen molar-refractivity contribution < 1.29 is 4.74 Å². The fourth-order valence-corrected chi connectivity index (χ4v) is 1.64. The highest BCUT2D eigenvalue weighted by atomic mass is 79.9. The molecule has 0 unspecified atom stereocenters. The third kappa shape index (κ3) is 4.32. The van der Waals surface area contributed by atoms with Crippen LogP contribution in [-0.2, 0) is 0 Å². The molecule has 90 valence electrons. The molecule has 0 amide bonds. The third-order valence-corrected chi connectivity index (χ3v) is 3.29. The lowest BCUT2D eigenvalue weighted by Gasteiger charge is -2.22. The SMILES string of the molecule is CC(C)(CN)CCOc1cc(Br)ccc1Cl. The first-order chi connectivity index (χ1) is 7.44. The van der Waals surface area contributed by atoms with Crippen molar-refractivity contribution in [3.8, 4) is 5.75 Å². The Kier molecular flexibility index (Phi) is 5.09. The summed E-state index contributed by atoms with van der Waals surface area (Å²) in [5.74, 6) is 0.712. The lowest BCUT2D eigenvalue weighted by molar-refractivity contribution is 0.233. The molecule has 0 aliphatic carbocycles. The molecule has 0 aliphatic rings. The zero-order chi connectivity index (χ0) is 12.2. The van der Waals surface area contributed by atoms with Crippen LogP contribution in [-0.4, -0.2) is 13.2 Å². The van der Waals surface area contributed by atoms with Gasteiger partial charge in [0.15, 0.2) is 0 Å². The van der Waals surface area contributed by atoms with Gasteiger partial charge in [0.2, 0.25) is 0 Å². The van der Waals surface area contributed by atoms with E-state index < -0.39 is 0 Å². The minimum Gasteiger partial charge on any atom is -0.492 e. The van der Waals surface area contributed by atoms with Gasteiger partial charge in [-0.2, -0.15) is 0 Å². The van der Waals surface area contributed by atoms with Gasteiger partial charge >= 0.3 is 0 Å². The van der Waals surface area contributed by atoms with E-state index in [1.54, 1.807) is 0 Å². The Hall–Kier alpha value is -0.250. The van der Waals surface area contributed by atoms with Crippen molar-refractivity contribution in [3.63, 3.8) is 0 Å². The summed E-state index contributed by atoms with van der Waals surface area (Å²) >= 11 is 9.39. The van der Waals surface area contributed by atoms with Crippen LogP contribution in [0.15, 0.2) is 22.7 Å². The summed E-state index contributed by atoms with van der Waals surface area (Å²) in [6, 6.07) is 5.58. The molecule has 1 aromatic rings. The fourth-order valence-electron chi connectivity index (χ4n) is 1.13. The maximum Gasteiger partial charge on any atom is 0.139 e. The molecule has 0 fully saturated rings. The highest BCUT2D eigenvalue weighted by Crippen LogP contribution is 2.28. The summed E-state index contributed by atoms with van der Waals surface area (Å²) in [5.41, 5.74) is 5.76. The lowest BCUT2D eigenvalue weighted by atomic mass is 9.90. The summed E-state index contributed by atoms with van der Waals surface area (Å²) < 4.78 is 6.60. The van der Waals surface area contributed by atoms with Crippen molar-refractivity contribution in [1.29, 1.82) is 0 Å². The zero-order valence-electron chi connectivity index (χ0n) is 9.59. The van der Waals surface area contributed by atoms with E-state index in [0.29, 0.717) is 23.9 Å². The predicted octanol–water partition coefficient (Wildman–Crippen LogP) is 3.86. The summed E-state index contributed by atoms with van der Waals surface area (Å²) in [6.45, 7) is 5.53. The van der Waals surface area contributed by atoms with Crippen LogP contribution in [0.3, 0.4) is 0 Å². The Morgan fingerprint density at radius 2 is 2.12 bits per heavy atom. The average Bonchev–Trinajstić information content (AvgIpc) is 2.23. The molecular formula is C12H17BrClNO. The van der Waals surface area contributed by atoms with E-state index in [9.17, 15) is 0 Å². The Labute approximate surface area is 110 Å². The van der Waals surface area contributed by atoms with Crippen LogP contribution in [0.2, 0.25) is 5.02 Å². The molecule has 0 saturated heterocycles. The number of benzene rings is 1. The molecule has 0 radical (unpaired) electrons. The molecule has 0 aromatic heterocycles. The van der Waals surface area contributed by atoms with Crippen LogP contribution in [0.4, 0.5) is 0 Å². The van der Waals surface area contributed by atoms with Crippen LogP contribution in [0.25, 0.3) is 0 Å². The first-order valence-corrected chi connectivity index (χ1v) is 6.40. The van der Waals surface area contributed by atoms with Gasteiger partial charge in [-0.25, -0.2) is 0 Å². The van der Waals surface area contributed by atoms with Gasteiger partial charge in [0.05, 0.1) is 11.6 Å². The third-order valence-electron chi connectivity index (χ3n) is 2.48. The molecule has 0 bridgehead atoms. The monoisotopic (exact) mass is 305 g/mol. The molecule has 16 heavy (non-hydrogen) atoms. The highest BCUT2D eigenvalue weighted by Gasteiger charge is 2.15. The molecular weight excluding hydrogens is 289 g/mol. The van der Waals surface area contributed by atoms with Crippen molar-refractivity contribution >= 4 is 27.5 Å². The van der Waals surface area contributed by atoms with E-state index in [-0.39, 0.29) is 5.41 Å². The standard InChI is InChI=1S/C12H17BrClNO/c1-12(2,8-15)5-6-16-11-7-9(13)3-4-10(11)14/h3-4,7H,5-6,8,15H2,1-2H3. The number of halogens is 2. The first kappa shape index (κ1) is 13.8. The molecule has 1 aromatic carbocycles. The average molecular weight is 307 g/mol. The van der Waals surface area contributed by atoms with Crippen LogP contribution >= 0.6 is 27.5 Å². The summed E-state index contributed by atoms with van der Waals surface area (Å²) in [7, 11) is 0. The van der Waals surface area contributed by atoms with Gasteiger partial charge in [-0.15, -0.1) is 0 Å². The maximum absolute atomic E-state index is 6.01. The van der Waals surface area contributed by atoms with E-state index >= 15 is 0 Å². The summed E-state index contributed by atoms with van der Waals surface area (Å²) in [6.07, 6.45) is 0.909. The van der Waals surface area contributed by atoms with Crippen molar-refractivity contribution in [1.82, 2.24) is 0 Å². The summed E-state index contributed by atoms with van der Waals surface area (Å²) in [4.78, 5) is 0. The number of hydrogen-bond acceptors (Lipinski definition) is 2. The van der Waals surface area contributed by atoms with E-state index in [2.05, 4.69) is 29.8 Å². The Bertz CT molecular complexity index is 355. The number of rotatable bonds is 5. The topological polar surface area (TPSA) is 35.2 Å². The minimum atomic E-state index is 0.110. The van der Waals surface area contributed by atoms with Crippen molar-refractivity contribution in [2.45, 2.75) is 20.3 Å². The molecule has 0 saturated carbocycles. The van der Waals surface area contributed by atoms with Gasteiger partial charge in [-0.1, -0.05) is 41.4 Å². The van der Waals surface area contributed by atoms with Gasteiger partial charge < -0.3 is 10.5 Å². The van der Waals surface area contributed by atoms with E-state index in [1.165, 1.54) is 0 Å². The van der Waals surface area contributed by atoms with Gasteiger partial charge in [0.1, 0.15) is 5.75 Å². The Morgan fingerprint density at radius 1 is 1.44 bits per heavy atom. The zero-order valence-corrected chi connectivity index (χ0v) is 11.9. The van der Waals surface area contributed by atoms with Gasteiger partial charge in [0.25, 0.3) is 0 Å². The van der Waals surface area contributed by atoms with E-state index in [1.807, 2.05) is 18.2 Å². The number of ether oxygens (including phenoxy) is 1. The van der Waals surface area contributed by atoms with Gasteiger partial charge in [0, 0.05) is 4.47 Å². The lowest BCUT2D eigenvalue weighted by Crippen LogP contribution is -2.25. The maximum atomic E-state index is 6.01. The van der Waals surface area contributed by atoms with E-state index in [0.717, 1.165) is 10.9 Å². The molecule has 2 N–H and O–H groups in total. The van der Waals surface area contributed by atoms with Crippen LogP contribution in [0.5, 0.6) is 5.75 Å². The second kappa shape index (κ2) is 5.89. The number of hydrogen-bond donors (Lipinski definition) is 1. The van der Waals surface area contributed by atoms with Crippen molar-refractivity contribution in [3.05, 3.63) is 27.7 Å². The van der Waals surface area contributed by atoms with E-state index in [4.69, 9.17) is 22.1 Å². The smallest absolute Gasteiger partial charge is 0.139 e. The second-order valence-electron chi connectivity index (χ2n) is 4.54. The predicted molar refractivity (Wildman–Crippen MR) is 72.1 cm³/mol. The molecule has 1 rings (SSSR count). The molecule has 4 heteroatoms. The molecule has 0 aliphatic heterocycles.